The van der Waals surface area contributed by atoms with E-state index in [-0.39, 0.29) is 5.91 Å². The van der Waals surface area contributed by atoms with E-state index in [1.54, 1.807) is 0 Å². The van der Waals surface area contributed by atoms with E-state index in [9.17, 15) is 4.79 Å². The maximum Gasteiger partial charge on any atom is 0.236 e. The van der Waals surface area contributed by atoms with Crippen LogP contribution in [0.1, 0.15) is 39.5 Å². The Labute approximate surface area is 136 Å². The number of hydrogen-bond acceptors (Lipinski definition) is 3. The van der Waals surface area contributed by atoms with Crippen LogP contribution in [0.25, 0.3) is 0 Å². The fraction of sp³-hybridized carbons (Fsp3) is 0.833. The molecule has 1 atom stereocenters. The highest BCUT2D eigenvalue weighted by Gasteiger charge is 2.21. The summed E-state index contributed by atoms with van der Waals surface area (Å²) in [5, 5.41) is 0. The summed E-state index contributed by atoms with van der Waals surface area (Å²) in [7, 11) is 0. The van der Waals surface area contributed by atoms with Gasteiger partial charge >= 0.3 is 0 Å². The summed E-state index contributed by atoms with van der Waals surface area (Å²) in [6.45, 7) is 12.0. The van der Waals surface area contributed by atoms with Gasteiger partial charge in [-0.05, 0) is 58.5 Å². The van der Waals surface area contributed by atoms with Crippen LogP contribution in [0.15, 0.2) is 12.2 Å². The molecule has 2 rings (SSSR count). The molecule has 1 heterocycles. The molecule has 0 radical (unpaired) electrons. The van der Waals surface area contributed by atoms with Crippen molar-refractivity contribution in [3.05, 3.63) is 12.2 Å². The number of carbonyl (C=O) groups excluding carboxylic acids is 1. The van der Waals surface area contributed by atoms with E-state index in [0.717, 1.165) is 38.6 Å². The summed E-state index contributed by atoms with van der Waals surface area (Å²) in [6.07, 6.45) is 9.70. The molecule has 4 nitrogen and oxygen atoms in total. The normalized spacial score (nSPS) is 24.2. The van der Waals surface area contributed by atoms with Gasteiger partial charge in [-0.2, -0.15) is 0 Å². The molecule has 0 N–H and O–H groups in total. The second kappa shape index (κ2) is 9.31. The third-order valence-corrected chi connectivity index (χ3v) is 5.05. The van der Waals surface area contributed by atoms with Crippen LogP contribution >= 0.6 is 0 Å². The number of amides is 1. The second-order valence-electron chi connectivity index (χ2n) is 6.65. The van der Waals surface area contributed by atoms with Gasteiger partial charge in [0.15, 0.2) is 0 Å². The number of rotatable bonds is 6. The third-order valence-electron chi connectivity index (χ3n) is 5.05. The Kier molecular flexibility index (Phi) is 7.40. The van der Waals surface area contributed by atoms with E-state index in [1.165, 1.54) is 38.8 Å². The summed E-state index contributed by atoms with van der Waals surface area (Å²) >= 11 is 0. The molecule has 0 bridgehead atoms. The van der Waals surface area contributed by atoms with Crippen molar-refractivity contribution in [2.75, 3.05) is 52.4 Å². The van der Waals surface area contributed by atoms with Gasteiger partial charge in [0.25, 0.3) is 0 Å². The fourth-order valence-corrected chi connectivity index (χ4v) is 3.62. The number of allylic oxidation sites excluding steroid dienone is 2. The highest BCUT2D eigenvalue weighted by atomic mass is 16.2. The minimum absolute atomic E-state index is 0.288. The zero-order valence-electron chi connectivity index (χ0n) is 14.5. The summed E-state index contributed by atoms with van der Waals surface area (Å²) < 4.78 is 0. The molecular weight excluding hydrogens is 274 g/mol. The molecule has 0 aromatic carbocycles. The van der Waals surface area contributed by atoms with Crippen LogP contribution in [0.3, 0.4) is 0 Å². The first-order chi connectivity index (χ1) is 10.7. The molecule has 1 fully saturated rings. The summed E-state index contributed by atoms with van der Waals surface area (Å²) in [5.74, 6) is 1.13. The molecule has 1 amide bonds. The summed E-state index contributed by atoms with van der Waals surface area (Å²) in [4.78, 5) is 19.2. The number of likely N-dealkylation sites (N-methyl/N-ethyl adjacent to an activating group) is 1. The number of carbonyl (C=O) groups is 1. The van der Waals surface area contributed by atoms with Crippen molar-refractivity contribution in [3.8, 4) is 0 Å². The largest absolute Gasteiger partial charge is 0.342 e. The van der Waals surface area contributed by atoms with Crippen LogP contribution in [-0.4, -0.2) is 73.0 Å². The molecule has 0 spiro atoms. The van der Waals surface area contributed by atoms with E-state index in [0.29, 0.717) is 6.54 Å². The Morgan fingerprint density at radius 3 is 2.50 bits per heavy atom. The van der Waals surface area contributed by atoms with Crippen molar-refractivity contribution < 1.29 is 4.79 Å². The van der Waals surface area contributed by atoms with E-state index >= 15 is 0 Å². The summed E-state index contributed by atoms with van der Waals surface area (Å²) in [6, 6.07) is 0. The molecule has 1 aliphatic heterocycles. The lowest BCUT2D eigenvalue weighted by Crippen LogP contribution is -2.41. The van der Waals surface area contributed by atoms with Crippen LogP contribution in [0.5, 0.6) is 0 Å². The maximum absolute atomic E-state index is 12.2. The standard InChI is InChI=1S/C18H33N3O/c1-3-21(4-2)18(22)16-20-12-8-11-19(13-14-20)15-17-9-6-5-7-10-17/h5-6,17H,3-4,7-16H2,1-2H3/t17-/m1/s1. The first-order valence-electron chi connectivity index (χ1n) is 9.10. The molecule has 22 heavy (non-hydrogen) atoms. The Balaban J connectivity index is 1.74. The van der Waals surface area contributed by atoms with Gasteiger partial charge < -0.3 is 9.80 Å². The minimum atomic E-state index is 0.288. The van der Waals surface area contributed by atoms with E-state index in [4.69, 9.17) is 0 Å². The van der Waals surface area contributed by atoms with Crippen molar-refractivity contribution in [1.82, 2.24) is 14.7 Å². The van der Waals surface area contributed by atoms with Gasteiger partial charge in [-0.15, -0.1) is 0 Å². The topological polar surface area (TPSA) is 26.8 Å². The molecule has 0 aromatic heterocycles. The molecule has 1 saturated heterocycles. The first-order valence-corrected chi connectivity index (χ1v) is 9.10. The lowest BCUT2D eigenvalue weighted by Gasteiger charge is -2.27. The van der Waals surface area contributed by atoms with Gasteiger partial charge in [-0.3, -0.25) is 9.69 Å². The van der Waals surface area contributed by atoms with Crippen molar-refractivity contribution >= 4 is 5.91 Å². The van der Waals surface area contributed by atoms with Crippen LogP contribution in [0.2, 0.25) is 0 Å². The molecule has 2 aliphatic rings. The molecule has 4 heteroatoms. The van der Waals surface area contributed by atoms with Crippen molar-refractivity contribution in [2.24, 2.45) is 5.92 Å². The maximum atomic E-state index is 12.2. The molecule has 0 unspecified atom stereocenters. The second-order valence-corrected chi connectivity index (χ2v) is 6.65. The first kappa shape index (κ1) is 17.5. The Bertz CT molecular complexity index is 365. The summed E-state index contributed by atoms with van der Waals surface area (Å²) in [5.41, 5.74) is 0. The zero-order chi connectivity index (χ0) is 15.8. The molecular formula is C18H33N3O. The Hall–Kier alpha value is -0.870. The van der Waals surface area contributed by atoms with Gasteiger partial charge in [-0.1, -0.05) is 12.2 Å². The highest BCUT2D eigenvalue weighted by molar-refractivity contribution is 5.78. The molecule has 126 valence electrons. The monoisotopic (exact) mass is 307 g/mol. The molecule has 1 aliphatic carbocycles. The number of hydrogen-bond donors (Lipinski definition) is 0. The van der Waals surface area contributed by atoms with Crippen molar-refractivity contribution in [2.45, 2.75) is 39.5 Å². The van der Waals surface area contributed by atoms with E-state index < -0.39 is 0 Å². The van der Waals surface area contributed by atoms with Gasteiger partial charge in [0.1, 0.15) is 0 Å². The van der Waals surface area contributed by atoms with Crippen LogP contribution in [-0.2, 0) is 4.79 Å². The van der Waals surface area contributed by atoms with Gasteiger partial charge in [0.05, 0.1) is 6.54 Å². The van der Waals surface area contributed by atoms with Gasteiger partial charge in [0.2, 0.25) is 5.91 Å². The average molecular weight is 307 g/mol. The van der Waals surface area contributed by atoms with Crippen LogP contribution < -0.4 is 0 Å². The Morgan fingerprint density at radius 1 is 1.09 bits per heavy atom. The third kappa shape index (κ3) is 5.40. The Morgan fingerprint density at radius 2 is 1.82 bits per heavy atom. The van der Waals surface area contributed by atoms with E-state index in [2.05, 4.69) is 35.8 Å². The van der Waals surface area contributed by atoms with Crippen molar-refractivity contribution in [1.29, 1.82) is 0 Å². The zero-order valence-corrected chi connectivity index (χ0v) is 14.5. The average Bonchev–Trinajstić information content (AvgIpc) is 2.75. The van der Waals surface area contributed by atoms with Crippen LogP contribution in [0.4, 0.5) is 0 Å². The predicted molar refractivity (Wildman–Crippen MR) is 91.9 cm³/mol. The number of nitrogens with zero attached hydrogens (tertiary/aromatic N) is 3. The SMILES string of the molecule is CCN(CC)C(=O)CN1CCCN(C[C@@H]2CC=CCC2)CC1. The fourth-order valence-electron chi connectivity index (χ4n) is 3.62. The van der Waals surface area contributed by atoms with E-state index in [1.807, 2.05) is 4.90 Å². The van der Waals surface area contributed by atoms with Gasteiger partial charge in [0, 0.05) is 32.7 Å². The smallest absolute Gasteiger partial charge is 0.236 e. The highest BCUT2D eigenvalue weighted by Crippen LogP contribution is 2.20. The van der Waals surface area contributed by atoms with Gasteiger partial charge in [-0.25, -0.2) is 0 Å². The minimum Gasteiger partial charge on any atom is -0.342 e. The predicted octanol–water partition coefficient (Wildman–Crippen LogP) is 2.22. The molecule has 0 saturated carbocycles. The molecule has 0 aromatic rings. The van der Waals surface area contributed by atoms with Crippen molar-refractivity contribution in [3.63, 3.8) is 0 Å². The lowest BCUT2D eigenvalue weighted by atomic mass is 9.94. The quantitative estimate of drug-likeness (QED) is 0.704. The van der Waals surface area contributed by atoms with Crippen LogP contribution in [0, 0.1) is 5.92 Å². The lowest BCUT2D eigenvalue weighted by molar-refractivity contribution is -0.132.